The maximum atomic E-state index is 13.4. The standard InChI is InChI=1S/C24H26N4O8/c29-15(11-33-13-16-7-4-10-34-16)12-35-25-18-17-8-9-26-23(31)27(14-5-2-1-3-6-14)24(32)28(26)19(17)20(30)22-21(18)36-22/h1-7,10,15,17,19-22,29-30H,8-9,11-13H2/b25-18+/t15-,17+,19?,20-,21+,22-/m0/s1. The fourth-order valence-electron chi connectivity index (χ4n) is 5.18. The normalized spacial score (nSPS) is 28.3. The van der Waals surface area contributed by atoms with Crippen LogP contribution >= 0.6 is 0 Å². The first-order valence-corrected chi connectivity index (χ1v) is 11.9. The summed E-state index contributed by atoms with van der Waals surface area (Å²) in [4.78, 5) is 31.9. The van der Waals surface area contributed by atoms with Gasteiger partial charge in [0.05, 0.1) is 30.3 Å². The van der Waals surface area contributed by atoms with Crippen LogP contribution in [0, 0.1) is 5.92 Å². The SMILES string of the molecule is O=c1n(-c2ccccc2)c(=O)n2n1CC[C@@H]1/C(=N\OC[C@@H](O)COCc3ccco3)[C@H]3O[C@H]3[C@@H](O)C12. The number of ether oxygens (including phenoxy) is 2. The summed E-state index contributed by atoms with van der Waals surface area (Å²) in [6, 6.07) is 11.5. The zero-order valence-electron chi connectivity index (χ0n) is 19.3. The van der Waals surface area contributed by atoms with Gasteiger partial charge in [0.2, 0.25) is 0 Å². The highest BCUT2D eigenvalue weighted by molar-refractivity contribution is 5.94. The predicted octanol–water partition coefficient (Wildman–Crippen LogP) is 0.0469. The third-order valence-electron chi connectivity index (χ3n) is 6.88. The Labute approximate surface area is 204 Å². The van der Waals surface area contributed by atoms with E-state index in [0.717, 1.165) is 4.57 Å². The largest absolute Gasteiger partial charge is 0.467 e. The molecule has 3 aromatic rings. The van der Waals surface area contributed by atoms with Crippen molar-refractivity contribution in [1.29, 1.82) is 0 Å². The van der Waals surface area contributed by atoms with Gasteiger partial charge in [0.1, 0.15) is 43.4 Å². The van der Waals surface area contributed by atoms with Crippen molar-refractivity contribution in [3.8, 4) is 5.69 Å². The Morgan fingerprint density at radius 2 is 1.94 bits per heavy atom. The molecule has 2 N–H and O–H groups in total. The van der Waals surface area contributed by atoms with E-state index >= 15 is 0 Å². The number of hydrogen-bond acceptors (Lipinski definition) is 9. The topological polar surface area (TPSA) is 146 Å². The third kappa shape index (κ3) is 3.91. The first kappa shape index (κ1) is 23.0. The van der Waals surface area contributed by atoms with Gasteiger partial charge in [-0.05, 0) is 30.7 Å². The van der Waals surface area contributed by atoms with E-state index in [1.807, 2.05) is 0 Å². The predicted molar refractivity (Wildman–Crippen MR) is 124 cm³/mol. The van der Waals surface area contributed by atoms with Gasteiger partial charge in [-0.15, -0.1) is 0 Å². The smallest absolute Gasteiger partial charge is 0.352 e. The molecule has 0 bridgehead atoms. The van der Waals surface area contributed by atoms with E-state index in [-0.39, 0.29) is 32.3 Å². The molecule has 190 valence electrons. The summed E-state index contributed by atoms with van der Waals surface area (Å²) in [5, 5.41) is 25.4. The number of rotatable bonds is 8. The average molecular weight is 498 g/mol. The summed E-state index contributed by atoms with van der Waals surface area (Å²) < 4.78 is 20.1. The molecule has 2 fully saturated rings. The Morgan fingerprint density at radius 3 is 2.72 bits per heavy atom. The zero-order valence-corrected chi connectivity index (χ0v) is 19.3. The molecule has 1 aliphatic carbocycles. The van der Waals surface area contributed by atoms with E-state index in [1.54, 1.807) is 48.7 Å². The van der Waals surface area contributed by atoms with Crippen molar-refractivity contribution in [3.05, 3.63) is 75.5 Å². The van der Waals surface area contributed by atoms with E-state index in [9.17, 15) is 19.8 Å². The number of aromatic nitrogens is 3. The highest BCUT2D eigenvalue weighted by Crippen LogP contribution is 2.46. The van der Waals surface area contributed by atoms with E-state index in [2.05, 4.69) is 5.16 Å². The van der Waals surface area contributed by atoms with Gasteiger partial charge in [-0.2, -0.15) is 0 Å². The lowest BCUT2D eigenvalue weighted by Crippen LogP contribution is -2.53. The van der Waals surface area contributed by atoms with Gasteiger partial charge in [0, 0.05) is 12.5 Å². The number of hydrogen-bond donors (Lipinski definition) is 2. The van der Waals surface area contributed by atoms with E-state index < -0.39 is 41.8 Å². The van der Waals surface area contributed by atoms with Crippen LogP contribution in [0.1, 0.15) is 18.2 Å². The Balaban J connectivity index is 1.20. The molecule has 6 atom stereocenters. The number of para-hydroxylation sites is 1. The fraction of sp³-hybridized carbons (Fsp3) is 0.458. The summed E-state index contributed by atoms with van der Waals surface area (Å²) in [6.45, 7) is 0.444. The van der Waals surface area contributed by atoms with Crippen LogP contribution in [-0.4, -0.2) is 67.5 Å². The van der Waals surface area contributed by atoms with Gasteiger partial charge in [0.25, 0.3) is 0 Å². The molecule has 3 aliphatic rings. The summed E-state index contributed by atoms with van der Waals surface area (Å²) in [7, 11) is 0. The molecule has 1 saturated carbocycles. The van der Waals surface area contributed by atoms with Crippen LogP contribution in [0.5, 0.6) is 0 Å². The molecule has 36 heavy (non-hydrogen) atoms. The Bertz CT molecular complexity index is 1360. The summed E-state index contributed by atoms with van der Waals surface area (Å²) >= 11 is 0. The van der Waals surface area contributed by atoms with Crippen LogP contribution in [0.25, 0.3) is 5.69 Å². The lowest BCUT2D eigenvalue weighted by atomic mass is 9.78. The molecule has 0 spiro atoms. The second-order valence-electron chi connectivity index (χ2n) is 9.16. The van der Waals surface area contributed by atoms with Gasteiger partial charge in [0.15, 0.2) is 0 Å². The van der Waals surface area contributed by atoms with E-state index in [0.29, 0.717) is 23.6 Å². The molecule has 4 heterocycles. The summed E-state index contributed by atoms with van der Waals surface area (Å²) in [5.74, 6) is 0.291. The van der Waals surface area contributed by atoms with Gasteiger partial charge in [-0.1, -0.05) is 23.4 Å². The minimum Gasteiger partial charge on any atom is -0.467 e. The second kappa shape index (κ2) is 9.21. The van der Waals surface area contributed by atoms with Crippen LogP contribution in [0.2, 0.25) is 0 Å². The number of oxime groups is 1. The van der Waals surface area contributed by atoms with Crippen LogP contribution in [-0.2, 0) is 27.5 Å². The Kier molecular flexibility index (Phi) is 5.88. The van der Waals surface area contributed by atoms with Gasteiger partial charge >= 0.3 is 11.4 Å². The molecule has 6 rings (SSSR count). The highest BCUT2D eigenvalue weighted by Gasteiger charge is 2.61. The number of aliphatic hydroxyl groups is 2. The van der Waals surface area contributed by atoms with Crippen molar-refractivity contribution in [3.63, 3.8) is 0 Å². The van der Waals surface area contributed by atoms with Gasteiger partial charge in [-0.25, -0.2) is 23.5 Å². The molecule has 1 aromatic carbocycles. The van der Waals surface area contributed by atoms with E-state index in [1.165, 1.54) is 9.36 Å². The second-order valence-corrected chi connectivity index (χ2v) is 9.16. The first-order valence-electron chi connectivity index (χ1n) is 11.9. The van der Waals surface area contributed by atoms with Crippen molar-refractivity contribution in [1.82, 2.24) is 13.9 Å². The maximum absolute atomic E-state index is 13.4. The minimum atomic E-state index is -0.977. The lowest BCUT2D eigenvalue weighted by molar-refractivity contribution is -0.0264. The Hall–Kier alpha value is -3.45. The molecule has 2 aromatic heterocycles. The molecule has 12 nitrogen and oxygen atoms in total. The highest BCUT2D eigenvalue weighted by atomic mass is 16.6. The molecule has 0 radical (unpaired) electrons. The quantitative estimate of drug-likeness (QED) is 0.327. The zero-order chi connectivity index (χ0) is 24.8. The van der Waals surface area contributed by atoms with Crippen molar-refractivity contribution < 1.29 is 28.9 Å². The Morgan fingerprint density at radius 1 is 1.11 bits per heavy atom. The summed E-state index contributed by atoms with van der Waals surface area (Å²) in [5.41, 5.74) is 0.0494. The van der Waals surface area contributed by atoms with Crippen LogP contribution in [0.4, 0.5) is 0 Å². The van der Waals surface area contributed by atoms with Crippen molar-refractivity contribution in [2.45, 2.75) is 50.0 Å². The van der Waals surface area contributed by atoms with Gasteiger partial charge < -0.3 is 28.9 Å². The van der Waals surface area contributed by atoms with Crippen molar-refractivity contribution in [2.24, 2.45) is 11.1 Å². The van der Waals surface area contributed by atoms with E-state index in [4.69, 9.17) is 18.7 Å². The molecule has 1 unspecified atom stereocenters. The molecule has 1 saturated heterocycles. The monoisotopic (exact) mass is 498 g/mol. The van der Waals surface area contributed by atoms with Crippen molar-refractivity contribution >= 4 is 5.71 Å². The molecule has 0 amide bonds. The number of benzene rings is 1. The van der Waals surface area contributed by atoms with Gasteiger partial charge in [-0.3, -0.25) is 0 Å². The molecular weight excluding hydrogens is 472 g/mol. The van der Waals surface area contributed by atoms with Crippen LogP contribution < -0.4 is 11.4 Å². The lowest BCUT2D eigenvalue weighted by Gasteiger charge is -2.38. The fourth-order valence-corrected chi connectivity index (χ4v) is 5.18. The number of aliphatic hydroxyl groups excluding tert-OH is 2. The number of fused-ring (bicyclic) bond motifs is 4. The average Bonchev–Trinajstić information content (AvgIpc) is 3.44. The molecule has 12 heteroatoms. The van der Waals surface area contributed by atoms with Crippen LogP contribution in [0.3, 0.4) is 0 Å². The number of nitrogens with zero attached hydrogens (tertiary/aromatic N) is 4. The maximum Gasteiger partial charge on any atom is 0.352 e. The third-order valence-corrected chi connectivity index (χ3v) is 6.88. The van der Waals surface area contributed by atoms with Crippen LogP contribution in [0.15, 0.2) is 67.9 Å². The summed E-state index contributed by atoms with van der Waals surface area (Å²) in [6.07, 6.45) is -0.823. The molecule has 2 aliphatic heterocycles. The number of epoxide rings is 1. The minimum absolute atomic E-state index is 0.0353. The number of furan rings is 1. The van der Waals surface area contributed by atoms with Crippen molar-refractivity contribution in [2.75, 3.05) is 13.2 Å². The first-order chi connectivity index (χ1) is 17.5. The molecular formula is C24H26N4O8.